The second kappa shape index (κ2) is 9.76. The first-order chi connectivity index (χ1) is 14.9. The van der Waals surface area contributed by atoms with Crippen LogP contribution in [0.1, 0.15) is 92.9 Å². The minimum Gasteiger partial charge on any atom is -0.392 e. The lowest BCUT2D eigenvalue weighted by Gasteiger charge is -2.44. The van der Waals surface area contributed by atoms with Crippen LogP contribution in [-0.4, -0.2) is 33.1 Å². The maximum absolute atomic E-state index is 10.6. The van der Waals surface area contributed by atoms with Crippen molar-refractivity contribution in [2.24, 2.45) is 35.0 Å². The number of rotatable bonds is 6. The van der Waals surface area contributed by atoms with E-state index in [0.717, 1.165) is 36.3 Å². The highest BCUT2D eigenvalue weighted by Gasteiger charge is 2.50. The molecule has 3 saturated carbocycles. The Hall–Kier alpha value is -0.900. The fraction of sp³-hybridized carbons (Fsp3) is 0.793. The molecule has 32 heavy (non-hydrogen) atoms. The summed E-state index contributed by atoms with van der Waals surface area (Å²) in [4.78, 5) is 0. The van der Waals surface area contributed by atoms with E-state index in [2.05, 4.69) is 39.5 Å². The van der Waals surface area contributed by atoms with Crippen LogP contribution >= 0.6 is 0 Å². The Kier molecular flexibility index (Phi) is 7.85. The second-order valence-corrected chi connectivity index (χ2v) is 12.2. The molecule has 0 radical (unpaired) electrons. The SMILES string of the molecule is C=C1/C(=C\C=C2/CCC[C@]3(C)[C@@H]([C@H](C)CCCC(C)(C)O)CC[C@@H]23)[C@H](C)[C@@H](O)[C@H](C)[C@@H]1O. The minimum atomic E-state index is -0.664. The normalized spacial score (nSPS) is 41.8. The number of hydrogen-bond donors (Lipinski definition) is 3. The van der Waals surface area contributed by atoms with Crippen molar-refractivity contribution < 1.29 is 15.3 Å². The molecule has 8 atom stereocenters. The quantitative estimate of drug-likeness (QED) is 0.457. The molecule has 0 spiro atoms. The van der Waals surface area contributed by atoms with Gasteiger partial charge in [-0.25, -0.2) is 0 Å². The zero-order chi connectivity index (χ0) is 23.8. The van der Waals surface area contributed by atoms with E-state index in [1.54, 1.807) is 5.57 Å². The Labute approximate surface area is 196 Å². The summed E-state index contributed by atoms with van der Waals surface area (Å²) in [7, 11) is 0. The van der Waals surface area contributed by atoms with Crippen LogP contribution < -0.4 is 0 Å². The summed E-state index contributed by atoms with van der Waals surface area (Å²) in [5, 5.41) is 31.2. The molecule has 0 bridgehead atoms. The van der Waals surface area contributed by atoms with E-state index in [-0.39, 0.29) is 11.8 Å². The Balaban J connectivity index is 1.75. The van der Waals surface area contributed by atoms with E-state index >= 15 is 0 Å². The summed E-state index contributed by atoms with van der Waals surface area (Å²) in [6.07, 6.45) is 12.7. The van der Waals surface area contributed by atoms with Crippen LogP contribution in [-0.2, 0) is 0 Å². The molecular weight excluding hydrogens is 396 g/mol. The maximum atomic E-state index is 10.6. The van der Waals surface area contributed by atoms with Crippen molar-refractivity contribution in [2.75, 3.05) is 0 Å². The highest BCUT2D eigenvalue weighted by molar-refractivity contribution is 5.41. The molecule has 0 aromatic carbocycles. The van der Waals surface area contributed by atoms with Gasteiger partial charge in [-0.3, -0.25) is 0 Å². The van der Waals surface area contributed by atoms with Gasteiger partial charge in [0.25, 0.3) is 0 Å². The topological polar surface area (TPSA) is 60.7 Å². The lowest BCUT2D eigenvalue weighted by Crippen LogP contribution is -2.42. The van der Waals surface area contributed by atoms with Crippen LogP contribution in [0, 0.1) is 35.0 Å². The first kappa shape index (κ1) is 25.7. The fourth-order valence-corrected chi connectivity index (χ4v) is 7.33. The molecule has 3 nitrogen and oxygen atoms in total. The van der Waals surface area contributed by atoms with E-state index in [4.69, 9.17) is 0 Å². The van der Waals surface area contributed by atoms with Crippen LogP contribution in [0.25, 0.3) is 0 Å². The number of aliphatic hydroxyl groups is 3. The standard InChI is InChI=1S/C29H48O3/c1-18(10-8-16-28(5,6)32)24-14-15-25-22(11-9-17-29(24,25)7)12-13-23-19(2)26(30)21(4)27(31)20(23)3/h12-13,18,20-21,24-27,30-32H,2,8-11,14-17H2,1,3-7H3/b22-12+,23-13+/t18-,20+,21-,24-,25+,26-,27-,29-/m1/s1. The Morgan fingerprint density at radius 2 is 1.88 bits per heavy atom. The predicted molar refractivity (Wildman–Crippen MR) is 133 cm³/mol. The molecule has 3 aliphatic carbocycles. The van der Waals surface area contributed by atoms with Gasteiger partial charge in [0.1, 0.15) is 0 Å². The summed E-state index contributed by atoms with van der Waals surface area (Å²) in [6.45, 7) is 16.9. The zero-order valence-corrected chi connectivity index (χ0v) is 21.4. The van der Waals surface area contributed by atoms with Gasteiger partial charge in [-0.05, 0) is 86.7 Å². The van der Waals surface area contributed by atoms with Crippen molar-refractivity contribution in [1.82, 2.24) is 0 Å². The lowest BCUT2D eigenvalue weighted by molar-refractivity contribution is 0.00225. The summed E-state index contributed by atoms with van der Waals surface area (Å²) < 4.78 is 0. The predicted octanol–water partition coefficient (Wildman–Crippen LogP) is 6.20. The monoisotopic (exact) mass is 444 g/mol. The Bertz CT molecular complexity index is 742. The Morgan fingerprint density at radius 1 is 1.19 bits per heavy atom. The molecule has 0 amide bonds. The van der Waals surface area contributed by atoms with Crippen molar-refractivity contribution >= 4 is 0 Å². The summed E-state index contributed by atoms with van der Waals surface area (Å²) in [5.41, 5.74) is 3.14. The molecule has 0 unspecified atom stereocenters. The first-order valence-electron chi connectivity index (χ1n) is 13.0. The van der Waals surface area contributed by atoms with Gasteiger partial charge < -0.3 is 15.3 Å². The first-order valence-corrected chi connectivity index (χ1v) is 13.0. The van der Waals surface area contributed by atoms with Gasteiger partial charge in [0.05, 0.1) is 17.8 Å². The van der Waals surface area contributed by atoms with Crippen LogP contribution in [0.5, 0.6) is 0 Å². The molecule has 3 heteroatoms. The summed E-state index contributed by atoms with van der Waals surface area (Å²) >= 11 is 0. The average molecular weight is 445 g/mol. The minimum absolute atomic E-state index is 0.000140. The molecule has 0 saturated heterocycles. The van der Waals surface area contributed by atoms with Crippen molar-refractivity contribution in [3.05, 3.63) is 35.5 Å². The van der Waals surface area contributed by atoms with E-state index in [1.165, 1.54) is 32.1 Å². The smallest absolute Gasteiger partial charge is 0.0837 e. The van der Waals surface area contributed by atoms with Crippen LogP contribution in [0.2, 0.25) is 0 Å². The molecule has 3 N–H and O–H groups in total. The van der Waals surface area contributed by atoms with Crippen molar-refractivity contribution in [2.45, 2.75) is 111 Å². The number of hydrogen-bond acceptors (Lipinski definition) is 3. The number of aliphatic hydroxyl groups excluding tert-OH is 2. The third-order valence-electron chi connectivity index (χ3n) is 9.42. The summed E-state index contributed by atoms with van der Waals surface area (Å²) in [6, 6.07) is 0. The van der Waals surface area contributed by atoms with Gasteiger partial charge in [-0.15, -0.1) is 0 Å². The van der Waals surface area contributed by atoms with Crippen LogP contribution in [0.4, 0.5) is 0 Å². The Morgan fingerprint density at radius 3 is 2.53 bits per heavy atom. The lowest BCUT2D eigenvalue weighted by atomic mass is 9.60. The van der Waals surface area contributed by atoms with Crippen LogP contribution in [0.15, 0.2) is 35.5 Å². The van der Waals surface area contributed by atoms with Crippen molar-refractivity contribution in [3.8, 4) is 0 Å². The maximum Gasteiger partial charge on any atom is 0.0837 e. The molecule has 3 fully saturated rings. The van der Waals surface area contributed by atoms with Gasteiger partial charge in [0.15, 0.2) is 0 Å². The molecule has 3 rings (SSSR count). The van der Waals surface area contributed by atoms with Gasteiger partial charge in [-0.2, -0.15) is 0 Å². The fourth-order valence-electron chi connectivity index (χ4n) is 7.33. The van der Waals surface area contributed by atoms with E-state index in [9.17, 15) is 15.3 Å². The molecule has 0 aromatic rings. The second-order valence-electron chi connectivity index (χ2n) is 12.2. The van der Waals surface area contributed by atoms with E-state index in [1.807, 2.05) is 20.8 Å². The van der Waals surface area contributed by atoms with Crippen LogP contribution in [0.3, 0.4) is 0 Å². The zero-order valence-electron chi connectivity index (χ0n) is 21.4. The molecular formula is C29H48O3. The molecule has 3 aliphatic rings. The van der Waals surface area contributed by atoms with Gasteiger partial charge >= 0.3 is 0 Å². The van der Waals surface area contributed by atoms with Gasteiger partial charge in [-0.1, -0.05) is 64.8 Å². The molecule has 0 aliphatic heterocycles. The third kappa shape index (κ3) is 5.10. The van der Waals surface area contributed by atoms with Crippen molar-refractivity contribution in [1.29, 1.82) is 0 Å². The molecule has 0 heterocycles. The van der Waals surface area contributed by atoms with Gasteiger partial charge in [0.2, 0.25) is 0 Å². The molecule has 0 aromatic heterocycles. The van der Waals surface area contributed by atoms with E-state index in [0.29, 0.717) is 17.3 Å². The van der Waals surface area contributed by atoms with E-state index < -0.39 is 17.8 Å². The summed E-state index contributed by atoms with van der Waals surface area (Å²) in [5.74, 6) is 1.90. The van der Waals surface area contributed by atoms with Crippen molar-refractivity contribution in [3.63, 3.8) is 0 Å². The number of allylic oxidation sites excluding steroid dienone is 3. The average Bonchev–Trinajstić information content (AvgIpc) is 3.07. The highest BCUT2D eigenvalue weighted by atomic mass is 16.3. The molecule has 182 valence electrons. The van der Waals surface area contributed by atoms with Gasteiger partial charge in [0, 0.05) is 11.8 Å². The third-order valence-corrected chi connectivity index (χ3v) is 9.42. The number of fused-ring (bicyclic) bond motifs is 1. The largest absolute Gasteiger partial charge is 0.392 e. The highest BCUT2D eigenvalue weighted by Crippen LogP contribution is 2.60.